The lowest BCUT2D eigenvalue weighted by Gasteiger charge is -2.23. The molecular formula is C20H18FNO7. The van der Waals surface area contributed by atoms with Crippen LogP contribution in [0, 0.1) is 11.7 Å². The first-order valence-electron chi connectivity index (χ1n) is 8.60. The average Bonchev–Trinajstić information content (AvgIpc) is 3.14. The Morgan fingerprint density at radius 3 is 2.69 bits per heavy atom. The van der Waals surface area contributed by atoms with Gasteiger partial charge in [-0.1, -0.05) is 19.1 Å². The van der Waals surface area contributed by atoms with E-state index < -0.39 is 35.7 Å². The van der Waals surface area contributed by atoms with Crippen molar-refractivity contribution < 1.29 is 38.4 Å². The summed E-state index contributed by atoms with van der Waals surface area (Å²) in [7, 11) is 0. The van der Waals surface area contributed by atoms with Gasteiger partial charge in [-0.3, -0.25) is 5.32 Å². The number of benzene rings is 2. The van der Waals surface area contributed by atoms with Crippen molar-refractivity contribution in [2.45, 2.75) is 13.0 Å². The van der Waals surface area contributed by atoms with Crippen LogP contribution in [0.5, 0.6) is 17.2 Å². The molecule has 3 rings (SSSR count). The summed E-state index contributed by atoms with van der Waals surface area (Å²) < 4.78 is 29.7. The molecule has 2 aromatic rings. The van der Waals surface area contributed by atoms with E-state index in [9.17, 15) is 19.1 Å². The maximum Gasteiger partial charge on any atom is 0.412 e. The van der Waals surface area contributed by atoms with E-state index in [-0.39, 0.29) is 12.4 Å². The molecular weight excluding hydrogens is 385 g/mol. The summed E-state index contributed by atoms with van der Waals surface area (Å²) in [6.45, 7) is 1.70. The van der Waals surface area contributed by atoms with E-state index in [0.717, 1.165) is 18.2 Å². The summed E-state index contributed by atoms with van der Waals surface area (Å²) >= 11 is 0. The monoisotopic (exact) mass is 403 g/mol. The minimum atomic E-state index is -1.17. The zero-order valence-electron chi connectivity index (χ0n) is 15.3. The first-order valence-corrected chi connectivity index (χ1v) is 8.60. The zero-order valence-corrected chi connectivity index (χ0v) is 15.3. The van der Waals surface area contributed by atoms with Crippen molar-refractivity contribution in [2.75, 3.05) is 12.1 Å². The Hall–Kier alpha value is -3.75. The van der Waals surface area contributed by atoms with Crippen LogP contribution < -0.4 is 14.8 Å². The number of carboxylic acid groups (broad SMARTS) is 1. The molecule has 3 N–H and O–H groups in total. The molecule has 0 saturated carbocycles. The molecule has 0 bridgehead atoms. The van der Waals surface area contributed by atoms with Crippen molar-refractivity contribution in [3.63, 3.8) is 0 Å². The van der Waals surface area contributed by atoms with Crippen LogP contribution in [-0.4, -0.2) is 29.1 Å². The van der Waals surface area contributed by atoms with Gasteiger partial charge in [0.2, 0.25) is 6.79 Å². The molecule has 0 spiro atoms. The lowest BCUT2D eigenvalue weighted by Crippen LogP contribution is -2.21. The second kappa shape index (κ2) is 8.51. The summed E-state index contributed by atoms with van der Waals surface area (Å²) in [5.74, 6) is -2.19. The Morgan fingerprint density at radius 1 is 1.21 bits per heavy atom. The number of aromatic hydroxyl groups is 1. The molecule has 29 heavy (non-hydrogen) atoms. The van der Waals surface area contributed by atoms with Gasteiger partial charge in [-0.2, -0.15) is 0 Å². The van der Waals surface area contributed by atoms with Gasteiger partial charge in [0.25, 0.3) is 0 Å². The fraction of sp³-hybridized carbons (Fsp3) is 0.200. The average molecular weight is 403 g/mol. The number of carboxylic acids is 1. The van der Waals surface area contributed by atoms with Gasteiger partial charge in [0.1, 0.15) is 6.10 Å². The number of halogens is 1. The topological polar surface area (TPSA) is 114 Å². The normalized spacial score (nSPS) is 14.4. The quantitative estimate of drug-likeness (QED) is 0.628. The van der Waals surface area contributed by atoms with Crippen molar-refractivity contribution >= 4 is 17.7 Å². The summed E-state index contributed by atoms with van der Waals surface area (Å²) in [4.78, 5) is 23.2. The van der Waals surface area contributed by atoms with Crippen molar-refractivity contribution in [2.24, 2.45) is 5.92 Å². The molecule has 2 atom stereocenters. The standard InChI is InChI=1S/C20H18FNO7/c1-11(2-7-18(24)25)19(12-3-5-15(23)14(21)8-12)29-20(26)22-13-4-6-16-17(9-13)28-10-27-16/h2-9,11,19,23H,10H2,1H3,(H,22,26)(H,24,25)/b7-2+/t11-,19+/m0/s1. The summed E-state index contributed by atoms with van der Waals surface area (Å²) in [6, 6.07) is 8.33. The lowest BCUT2D eigenvalue weighted by molar-refractivity contribution is -0.131. The van der Waals surface area contributed by atoms with Crippen LogP contribution in [0.4, 0.5) is 14.9 Å². The largest absolute Gasteiger partial charge is 0.505 e. The highest BCUT2D eigenvalue weighted by molar-refractivity contribution is 5.85. The number of rotatable bonds is 6. The predicted molar refractivity (Wildman–Crippen MR) is 99.4 cm³/mol. The number of carbonyl (C=O) groups excluding carboxylic acids is 1. The number of nitrogens with one attached hydrogen (secondary N) is 1. The Balaban J connectivity index is 1.78. The van der Waals surface area contributed by atoms with Gasteiger partial charge in [0.15, 0.2) is 23.1 Å². The molecule has 0 aliphatic carbocycles. The van der Waals surface area contributed by atoms with E-state index in [1.54, 1.807) is 25.1 Å². The maximum absolute atomic E-state index is 13.8. The number of fused-ring (bicyclic) bond motifs is 1. The second-order valence-corrected chi connectivity index (χ2v) is 6.29. The highest BCUT2D eigenvalue weighted by Gasteiger charge is 2.24. The smallest absolute Gasteiger partial charge is 0.412 e. The fourth-order valence-corrected chi connectivity index (χ4v) is 2.75. The van der Waals surface area contributed by atoms with Crippen LogP contribution in [0.2, 0.25) is 0 Å². The number of amides is 1. The Kier molecular flexibility index (Phi) is 5.87. The molecule has 8 nitrogen and oxygen atoms in total. The number of phenols is 1. The summed E-state index contributed by atoms with van der Waals surface area (Å²) in [5.41, 5.74) is 0.646. The van der Waals surface area contributed by atoms with Gasteiger partial charge < -0.3 is 24.4 Å². The van der Waals surface area contributed by atoms with Crippen LogP contribution in [0.15, 0.2) is 48.6 Å². The Labute approximate surface area is 165 Å². The van der Waals surface area contributed by atoms with Crippen LogP contribution in [-0.2, 0) is 9.53 Å². The van der Waals surface area contributed by atoms with Gasteiger partial charge in [-0.25, -0.2) is 14.0 Å². The van der Waals surface area contributed by atoms with Gasteiger partial charge in [-0.05, 0) is 29.8 Å². The number of hydrogen-bond donors (Lipinski definition) is 3. The summed E-state index contributed by atoms with van der Waals surface area (Å²) in [6.07, 6.45) is 0.395. The zero-order chi connectivity index (χ0) is 21.0. The van der Waals surface area contributed by atoms with Gasteiger partial charge >= 0.3 is 12.1 Å². The SMILES string of the molecule is C[C@@H](/C=C/C(=O)O)[C@@H](OC(=O)Nc1ccc2c(c1)OCO2)c1ccc(O)c(F)c1. The van der Waals surface area contributed by atoms with Crippen LogP contribution >= 0.6 is 0 Å². The third kappa shape index (κ3) is 4.95. The molecule has 2 aromatic carbocycles. The van der Waals surface area contributed by atoms with E-state index in [2.05, 4.69) is 5.32 Å². The summed E-state index contributed by atoms with van der Waals surface area (Å²) in [5, 5.41) is 20.7. The molecule has 9 heteroatoms. The maximum atomic E-state index is 13.8. The van der Waals surface area contributed by atoms with E-state index in [1.165, 1.54) is 12.1 Å². The first-order chi connectivity index (χ1) is 13.8. The minimum absolute atomic E-state index is 0.0884. The molecule has 0 radical (unpaired) electrons. The van der Waals surface area contributed by atoms with E-state index in [4.69, 9.17) is 19.3 Å². The molecule has 1 aliphatic heterocycles. The van der Waals surface area contributed by atoms with E-state index in [1.807, 2.05) is 0 Å². The van der Waals surface area contributed by atoms with E-state index >= 15 is 0 Å². The molecule has 0 aromatic heterocycles. The van der Waals surface area contributed by atoms with Gasteiger partial charge in [0.05, 0.1) is 0 Å². The highest BCUT2D eigenvalue weighted by Crippen LogP contribution is 2.35. The second-order valence-electron chi connectivity index (χ2n) is 6.29. The number of aliphatic carboxylic acids is 1. The number of carbonyl (C=O) groups is 2. The fourth-order valence-electron chi connectivity index (χ4n) is 2.75. The van der Waals surface area contributed by atoms with E-state index in [0.29, 0.717) is 17.2 Å². The van der Waals surface area contributed by atoms with Crippen molar-refractivity contribution in [1.82, 2.24) is 0 Å². The molecule has 1 amide bonds. The molecule has 152 valence electrons. The Morgan fingerprint density at radius 2 is 1.97 bits per heavy atom. The van der Waals surface area contributed by atoms with Crippen molar-refractivity contribution in [3.05, 3.63) is 59.9 Å². The molecule has 0 saturated heterocycles. The van der Waals surface area contributed by atoms with Crippen molar-refractivity contribution in [1.29, 1.82) is 0 Å². The first kappa shape index (κ1) is 20.0. The molecule has 1 aliphatic rings. The van der Waals surface area contributed by atoms with Crippen LogP contribution in [0.3, 0.4) is 0 Å². The Bertz CT molecular complexity index is 960. The molecule has 0 unspecified atom stereocenters. The van der Waals surface area contributed by atoms with Gasteiger partial charge in [-0.15, -0.1) is 0 Å². The number of ether oxygens (including phenoxy) is 3. The minimum Gasteiger partial charge on any atom is -0.505 e. The van der Waals surface area contributed by atoms with Gasteiger partial charge in [0, 0.05) is 23.7 Å². The highest BCUT2D eigenvalue weighted by atomic mass is 19.1. The lowest BCUT2D eigenvalue weighted by atomic mass is 9.96. The third-order valence-corrected chi connectivity index (χ3v) is 4.17. The predicted octanol–water partition coefficient (Wildman–Crippen LogP) is 3.83. The molecule has 0 fully saturated rings. The third-order valence-electron chi connectivity index (χ3n) is 4.17. The molecule has 1 heterocycles. The number of anilines is 1. The number of hydrogen-bond acceptors (Lipinski definition) is 6. The van der Waals surface area contributed by atoms with Crippen LogP contribution in [0.1, 0.15) is 18.6 Å². The van der Waals surface area contributed by atoms with Crippen LogP contribution in [0.25, 0.3) is 0 Å². The van der Waals surface area contributed by atoms with Crippen molar-refractivity contribution in [3.8, 4) is 17.2 Å². The number of phenolic OH excluding ortho intramolecular Hbond substituents is 1.